The molecule has 2 aromatic carbocycles. The molecule has 1 saturated carbocycles. The van der Waals surface area contributed by atoms with E-state index in [1.54, 1.807) is 6.07 Å². The molecule has 1 aliphatic rings. The van der Waals surface area contributed by atoms with Crippen molar-refractivity contribution < 1.29 is 4.39 Å². The standard InChI is InChI=1S/C22H25FN2/c1-2-13-25(16-20-14-21(23)10-7-19(20)15-24)22-11-8-18(9-12-22)17-5-3-4-6-17/h7-12,14,17H,2-6,13,16H2,1H3. The molecule has 25 heavy (non-hydrogen) atoms. The number of hydrogen-bond acceptors (Lipinski definition) is 2. The first kappa shape index (κ1) is 17.5. The topological polar surface area (TPSA) is 27.0 Å². The van der Waals surface area contributed by atoms with Gasteiger partial charge in [-0.15, -0.1) is 0 Å². The van der Waals surface area contributed by atoms with Gasteiger partial charge < -0.3 is 4.90 Å². The Morgan fingerprint density at radius 1 is 1.12 bits per heavy atom. The smallest absolute Gasteiger partial charge is 0.123 e. The summed E-state index contributed by atoms with van der Waals surface area (Å²) in [5.41, 5.74) is 3.86. The third-order valence-corrected chi connectivity index (χ3v) is 5.13. The van der Waals surface area contributed by atoms with Gasteiger partial charge in [0.05, 0.1) is 11.6 Å². The zero-order valence-electron chi connectivity index (χ0n) is 14.8. The van der Waals surface area contributed by atoms with E-state index in [4.69, 9.17) is 0 Å². The fourth-order valence-electron chi connectivity index (χ4n) is 3.79. The van der Waals surface area contributed by atoms with Gasteiger partial charge in [-0.3, -0.25) is 0 Å². The molecule has 0 N–H and O–H groups in total. The first-order valence-corrected chi connectivity index (χ1v) is 9.24. The Kier molecular flexibility index (Phi) is 5.71. The van der Waals surface area contributed by atoms with Crippen molar-refractivity contribution in [2.24, 2.45) is 0 Å². The second kappa shape index (κ2) is 8.16. The van der Waals surface area contributed by atoms with Gasteiger partial charge in [-0.1, -0.05) is 31.9 Å². The lowest BCUT2D eigenvalue weighted by molar-refractivity contribution is 0.624. The summed E-state index contributed by atoms with van der Waals surface area (Å²) in [6, 6.07) is 15.4. The maximum atomic E-state index is 13.6. The van der Waals surface area contributed by atoms with Crippen LogP contribution < -0.4 is 4.90 Å². The van der Waals surface area contributed by atoms with Crippen LogP contribution in [0.1, 0.15) is 61.6 Å². The van der Waals surface area contributed by atoms with Crippen LogP contribution in [0.25, 0.3) is 0 Å². The highest BCUT2D eigenvalue weighted by Gasteiger charge is 2.17. The third-order valence-electron chi connectivity index (χ3n) is 5.13. The first-order valence-electron chi connectivity index (χ1n) is 9.24. The molecule has 0 saturated heterocycles. The SMILES string of the molecule is CCCN(Cc1cc(F)ccc1C#N)c1ccc(C2CCCC2)cc1. The normalized spacial score (nSPS) is 14.4. The molecule has 0 aromatic heterocycles. The molecule has 130 valence electrons. The van der Waals surface area contributed by atoms with Crippen LogP contribution >= 0.6 is 0 Å². The Labute approximate surface area is 149 Å². The molecule has 0 aliphatic heterocycles. The second-order valence-electron chi connectivity index (χ2n) is 6.91. The number of halogens is 1. The van der Waals surface area contributed by atoms with Crippen molar-refractivity contribution >= 4 is 5.69 Å². The Bertz CT molecular complexity index is 740. The van der Waals surface area contributed by atoms with Gasteiger partial charge in [-0.25, -0.2) is 4.39 Å². The lowest BCUT2D eigenvalue weighted by Crippen LogP contribution is -2.24. The van der Waals surface area contributed by atoms with E-state index in [2.05, 4.69) is 42.2 Å². The molecule has 0 unspecified atom stereocenters. The van der Waals surface area contributed by atoms with Crippen molar-refractivity contribution in [3.8, 4) is 6.07 Å². The van der Waals surface area contributed by atoms with E-state index in [1.165, 1.54) is 43.4 Å². The minimum Gasteiger partial charge on any atom is -0.367 e. The fourth-order valence-corrected chi connectivity index (χ4v) is 3.79. The van der Waals surface area contributed by atoms with Gasteiger partial charge in [0.1, 0.15) is 5.82 Å². The molecular weight excluding hydrogens is 311 g/mol. The zero-order valence-corrected chi connectivity index (χ0v) is 14.8. The first-order chi connectivity index (χ1) is 12.2. The quantitative estimate of drug-likeness (QED) is 0.669. The molecule has 0 amide bonds. The summed E-state index contributed by atoms with van der Waals surface area (Å²) in [6.07, 6.45) is 6.27. The Balaban J connectivity index is 1.81. The van der Waals surface area contributed by atoms with Gasteiger partial charge in [-0.05, 0) is 66.6 Å². The van der Waals surface area contributed by atoms with Crippen LogP contribution in [0.5, 0.6) is 0 Å². The van der Waals surface area contributed by atoms with Crippen LogP contribution in [0, 0.1) is 17.1 Å². The average molecular weight is 336 g/mol. The van der Waals surface area contributed by atoms with Crippen LogP contribution in [-0.4, -0.2) is 6.54 Å². The number of rotatable bonds is 6. The largest absolute Gasteiger partial charge is 0.367 e. The molecular formula is C22H25FN2. The number of anilines is 1. The van der Waals surface area contributed by atoms with Crippen LogP contribution in [0.4, 0.5) is 10.1 Å². The van der Waals surface area contributed by atoms with Crippen molar-refractivity contribution in [1.82, 2.24) is 0 Å². The summed E-state index contributed by atoms with van der Waals surface area (Å²) in [4.78, 5) is 2.23. The summed E-state index contributed by atoms with van der Waals surface area (Å²) in [5.74, 6) is 0.420. The number of benzene rings is 2. The van der Waals surface area contributed by atoms with Crippen LogP contribution in [0.15, 0.2) is 42.5 Å². The van der Waals surface area contributed by atoms with Gasteiger partial charge >= 0.3 is 0 Å². The van der Waals surface area contributed by atoms with Gasteiger partial charge in [0.25, 0.3) is 0 Å². The lowest BCUT2D eigenvalue weighted by Gasteiger charge is -2.25. The number of nitriles is 1. The predicted octanol–water partition coefficient (Wildman–Crippen LogP) is 5.77. The molecule has 2 nitrogen and oxygen atoms in total. The Morgan fingerprint density at radius 2 is 1.84 bits per heavy atom. The molecule has 3 heteroatoms. The number of hydrogen-bond donors (Lipinski definition) is 0. The summed E-state index contributed by atoms with van der Waals surface area (Å²) < 4.78 is 13.6. The molecule has 0 atom stereocenters. The number of nitrogens with zero attached hydrogens (tertiary/aromatic N) is 2. The monoisotopic (exact) mass is 336 g/mol. The molecule has 0 heterocycles. The molecule has 3 rings (SSSR count). The van der Waals surface area contributed by atoms with Crippen molar-refractivity contribution in [2.75, 3.05) is 11.4 Å². The predicted molar refractivity (Wildman–Crippen MR) is 100 cm³/mol. The summed E-state index contributed by atoms with van der Waals surface area (Å²) >= 11 is 0. The van der Waals surface area contributed by atoms with E-state index in [1.807, 2.05) is 0 Å². The highest BCUT2D eigenvalue weighted by atomic mass is 19.1. The summed E-state index contributed by atoms with van der Waals surface area (Å²) in [5, 5.41) is 9.29. The summed E-state index contributed by atoms with van der Waals surface area (Å²) in [6.45, 7) is 3.57. The van der Waals surface area contributed by atoms with E-state index < -0.39 is 0 Å². The maximum absolute atomic E-state index is 13.6. The summed E-state index contributed by atoms with van der Waals surface area (Å²) in [7, 11) is 0. The van der Waals surface area contributed by atoms with Crippen molar-refractivity contribution in [2.45, 2.75) is 51.5 Å². The van der Waals surface area contributed by atoms with Gasteiger partial charge in [-0.2, -0.15) is 5.26 Å². The lowest BCUT2D eigenvalue weighted by atomic mass is 9.97. The third kappa shape index (κ3) is 4.20. The van der Waals surface area contributed by atoms with Crippen molar-refractivity contribution in [3.05, 3.63) is 65.0 Å². The van der Waals surface area contributed by atoms with Gasteiger partial charge in [0, 0.05) is 18.8 Å². The van der Waals surface area contributed by atoms with Crippen molar-refractivity contribution in [3.63, 3.8) is 0 Å². The van der Waals surface area contributed by atoms with Crippen molar-refractivity contribution in [1.29, 1.82) is 5.26 Å². The second-order valence-corrected chi connectivity index (χ2v) is 6.91. The highest BCUT2D eigenvalue weighted by Crippen LogP contribution is 2.34. The van der Waals surface area contributed by atoms with Crippen LogP contribution in [-0.2, 0) is 6.54 Å². The fraction of sp³-hybridized carbons (Fsp3) is 0.409. The van der Waals surface area contributed by atoms with E-state index in [-0.39, 0.29) is 5.82 Å². The van der Waals surface area contributed by atoms with E-state index in [0.717, 1.165) is 24.2 Å². The maximum Gasteiger partial charge on any atom is 0.123 e. The highest BCUT2D eigenvalue weighted by molar-refractivity contribution is 5.50. The van der Waals surface area contributed by atoms with Crippen LogP contribution in [0.3, 0.4) is 0 Å². The van der Waals surface area contributed by atoms with Gasteiger partial charge in [0.2, 0.25) is 0 Å². The molecule has 2 aromatic rings. The molecule has 0 bridgehead atoms. The molecule has 1 fully saturated rings. The van der Waals surface area contributed by atoms with E-state index in [9.17, 15) is 9.65 Å². The zero-order chi connectivity index (χ0) is 17.6. The Hall–Kier alpha value is -2.34. The van der Waals surface area contributed by atoms with E-state index in [0.29, 0.717) is 18.0 Å². The van der Waals surface area contributed by atoms with Crippen LogP contribution in [0.2, 0.25) is 0 Å². The minimum atomic E-state index is -0.290. The van der Waals surface area contributed by atoms with E-state index >= 15 is 0 Å². The average Bonchev–Trinajstić information content (AvgIpc) is 3.16. The molecule has 1 aliphatic carbocycles. The van der Waals surface area contributed by atoms with Gasteiger partial charge in [0.15, 0.2) is 0 Å². The molecule has 0 radical (unpaired) electrons. The Morgan fingerprint density at radius 3 is 2.48 bits per heavy atom. The molecule has 0 spiro atoms. The minimum absolute atomic E-state index is 0.290.